The third-order valence-electron chi connectivity index (χ3n) is 1.40. The molecule has 0 amide bonds. The first kappa shape index (κ1) is 11.2. The molecule has 0 radical (unpaired) electrons. The lowest BCUT2D eigenvalue weighted by Gasteiger charge is -1.94. The van der Waals surface area contributed by atoms with Crippen LogP contribution in [0.25, 0.3) is 0 Å². The van der Waals surface area contributed by atoms with E-state index in [9.17, 15) is 4.79 Å². The van der Waals surface area contributed by atoms with Crippen molar-refractivity contribution in [2.45, 2.75) is 19.3 Å². The van der Waals surface area contributed by atoms with Crippen molar-refractivity contribution < 1.29 is 14.3 Å². The van der Waals surface area contributed by atoms with Crippen LogP contribution in [0.2, 0.25) is 0 Å². The van der Waals surface area contributed by atoms with Crippen LogP contribution in [0.15, 0.2) is 12.2 Å². The molecule has 0 saturated heterocycles. The van der Waals surface area contributed by atoms with E-state index in [1.165, 1.54) is 7.11 Å². The van der Waals surface area contributed by atoms with Gasteiger partial charge in [-0.2, -0.15) is 0 Å². The maximum Gasteiger partial charge on any atom is 0.309 e. The van der Waals surface area contributed by atoms with Gasteiger partial charge in [0.25, 0.3) is 0 Å². The maximum atomic E-state index is 10.6. The number of rotatable bonds is 6. The molecule has 12 heavy (non-hydrogen) atoms. The van der Waals surface area contributed by atoms with E-state index >= 15 is 0 Å². The van der Waals surface area contributed by atoms with Crippen LogP contribution in [0.5, 0.6) is 0 Å². The quantitative estimate of drug-likeness (QED) is 0.346. The van der Waals surface area contributed by atoms with Crippen LogP contribution in [-0.2, 0) is 14.3 Å². The molecule has 0 aromatic rings. The minimum Gasteiger partial charge on any atom is -0.469 e. The van der Waals surface area contributed by atoms with Crippen molar-refractivity contribution >= 4 is 5.97 Å². The van der Waals surface area contributed by atoms with Crippen LogP contribution < -0.4 is 0 Å². The van der Waals surface area contributed by atoms with Crippen molar-refractivity contribution in [2.75, 3.05) is 20.8 Å². The number of methoxy groups -OCH3 is 2. The first-order valence-electron chi connectivity index (χ1n) is 4.02. The maximum absolute atomic E-state index is 10.6. The minimum atomic E-state index is -0.196. The average molecular weight is 172 g/mol. The number of ether oxygens (including phenoxy) is 2. The van der Waals surface area contributed by atoms with E-state index in [1.807, 2.05) is 12.2 Å². The normalized spacial score (nSPS) is 10.5. The molecule has 3 heteroatoms. The summed E-state index contributed by atoms with van der Waals surface area (Å²) >= 11 is 0. The van der Waals surface area contributed by atoms with Gasteiger partial charge in [0.2, 0.25) is 0 Å². The molecule has 0 heterocycles. The summed E-state index contributed by atoms with van der Waals surface area (Å²) in [4.78, 5) is 10.6. The number of carbonyl (C=O) groups is 1. The minimum absolute atomic E-state index is 0.196. The highest BCUT2D eigenvalue weighted by Crippen LogP contribution is 1.93. The average Bonchev–Trinajstić information content (AvgIpc) is 2.10. The molecule has 0 spiro atoms. The summed E-state index contributed by atoms with van der Waals surface area (Å²) in [5.74, 6) is -0.196. The third kappa shape index (κ3) is 7.28. The number of unbranched alkanes of at least 4 members (excludes halogenated alkanes) is 1. The summed E-state index contributed by atoms with van der Waals surface area (Å²) in [6, 6.07) is 0. The van der Waals surface area contributed by atoms with Crippen LogP contribution >= 0.6 is 0 Å². The van der Waals surface area contributed by atoms with Gasteiger partial charge in [-0.15, -0.1) is 0 Å². The van der Waals surface area contributed by atoms with Crippen LogP contribution in [0.3, 0.4) is 0 Å². The van der Waals surface area contributed by atoms with E-state index in [2.05, 4.69) is 4.74 Å². The fourth-order valence-electron chi connectivity index (χ4n) is 0.726. The molecule has 0 aliphatic carbocycles. The molecule has 0 saturated carbocycles. The van der Waals surface area contributed by atoms with Gasteiger partial charge in [-0.05, 0) is 12.8 Å². The zero-order valence-electron chi connectivity index (χ0n) is 7.71. The van der Waals surface area contributed by atoms with E-state index in [4.69, 9.17) is 4.74 Å². The topological polar surface area (TPSA) is 35.5 Å². The second-order valence-electron chi connectivity index (χ2n) is 2.39. The molecule has 0 aromatic heterocycles. The van der Waals surface area contributed by atoms with Gasteiger partial charge in [-0.1, -0.05) is 12.2 Å². The van der Waals surface area contributed by atoms with Crippen LogP contribution in [0.1, 0.15) is 19.3 Å². The molecule has 0 unspecified atom stereocenters. The van der Waals surface area contributed by atoms with Crippen molar-refractivity contribution in [3.8, 4) is 0 Å². The summed E-state index contributed by atoms with van der Waals surface area (Å²) in [5, 5.41) is 0. The summed E-state index contributed by atoms with van der Waals surface area (Å²) < 4.78 is 9.33. The Hall–Kier alpha value is -0.830. The summed E-state index contributed by atoms with van der Waals surface area (Å²) in [5.41, 5.74) is 0. The molecule has 0 fully saturated rings. The van der Waals surface area contributed by atoms with E-state index in [0.717, 1.165) is 19.4 Å². The zero-order chi connectivity index (χ0) is 9.23. The molecule has 0 aromatic carbocycles. The Labute approximate surface area is 73.4 Å². The Kier molecular flexibility index (Phi) is 7.70. The van der Waals surface area contributed by atoms with Gasteiger partial charge in [0.05, 0.1) is 13.5 Å². The van der Waals surface area contributed by atoms with Crippen LogP contribution in [-0.4, -0.2) is 26.8 Å². The van der Waals surface area contributed by atoms with Crippen LogP contribution in [0, 0.1) is 0 Å². The smallest absolute Gasteiger partial charge is 0.309 e. The van der Waals surface area contributed by atoms with Gasteiger partial charge in [0.1, 0.15) is 0 Å². The summed E-state index contributed by atoms with van der Waals surface area (Å²) in [6.07, 6.45) is 6.10. The molecular formula is C9H16O3. The van der Waals surface area contributed by atoms with Crippen molar-refractivity contribution in [3.05, 3.63) is 12.2 Å². The molecule has 0 aliphatic rings. The summed E-state index contributed by atoms with van der Waals surface area (Å²) in [7, 11) is 3.07. The highest BCUT2D eigenvalue weighted by atomic mass is 16.5. The third-order valence-corrected chi connectivity index (χ3v) is 1.40. The molecular weight excluding hydrogens is 156 g/mol. The Morgan fingerprint density at radius 3 is 2.67 bits per heavy atom. The Balaban J connectivity index is 3.19. The van der Waals surface area contributed by atoms with Gasteiger partial charge in [-0.25, -0.2) is 0 Å². The zero-order valence-corrected chi connectivity index (χ0v) is 7.71. The van der Waals surface area contributed by atoms with Crippen molar-refractivity contribution in [3.63, 3.8) is 0 Å². The number of carbonyl (C=O) groups excluding carboxylic acids is 1. The standard InChI is InChI=1S/C9H16O3/c1-11-8-6-4-3-5-7-9(10)12-2/h3,5H,4,6-8H2,1-2H3/b5-3-. The molecule has 0 N–H and O–H groups in total. The van der Waals surface area contributed by atoms with Gasteiger partial charge in [0, 0.05) is 13.7 Å². The Morgan fingerprint density at radius 1 is 1.33 bits per heavy atom. The van der Waals surface area contributed by atoms with E-state index in [-0.39, 0.29) is 5.97 Å². The molecule has 0 atom stereocenters. The number of hydrogen-bond acceptors (Lipinski definition) is 3. The second-order valence-corrected chi connectivity index (χ2v) is 2.39. The molecule has 0 rings (SSSR count). The van der Waals surface area contributed by atoms with Crippen molar-refractivity contribution in [1.29, 1.82) is 0 Å². The summed E-state index contributed by atoms with van der Waals surface area (Å²) in [6.45, 7) is 0.766. The lowest BCUT2D eigenvalue weighted by molar-refractivity contribution is -0.139. The number of allylic oxidation sites excluding steroid dienone is 1. The molecule has 3 nitrogen and oxygen atoms in total. The van der Waals surface area contributed by atoms with Crippen molar-refractivity contribution in [2.24, 2.45) is 0 Å². The largest absolute Gasteiger partial charge is 0.469 e. The van der Waals surface area contributed by atoms with Gasteiger partial charge >= 0.3 is 5.97 Å². The first-order valence-corrected chi connectivity index (χ1v) is 4.02. The van der Waals surface area contributed by atoms with Crippen molar-refractivity contribution in [1.82, 2.24) is 0 Å². The fraction of sp³-hybridized carbons (Fsp3) is 0.667. The van der Waals surface area contributed by atoms with Crippen LogP contribution in [0.4, 0.5) is 0 Å². The van der Waals surface area contributed by atoms with Gasteiger partial charge in [-0.3, -0.25) is 4.79 Å². The monoisotopic (exact) mass is 172 g/mol. The van der Waals surface area contributed by atoms with E-state index in [0.29, 0.717) is 6.42 Å². The van der Waals surface area contributed by atoms with E-state index < -0.39 is 0 Å². The highest BCUT2D eigenvalue weighted by molar-refractivity contribution is 5.70. The van der Waals surface area contributed by atoms with Gasteiger partial charge < -0.3 is 9.47 Å². The molecule has 0 aliphatic heterocycles. The molecule has 70 valence electrons. The fourth-order valence-corrected chi connectivity index (χ4v) is 0.726. The SMILES string of the molecule is COCCC/C=C\CC(=O)OC. The Bertz CT molecular complexity index is 141. The number of hydrogen-bond donors (Lipinski definition) is 0. The lowest BCUT2D eigenvalue weighted by atomic mass is 10.3. The predicted octanol–water partition coefficient (Wildman–Crippen LogP) is 1.53. The van der Waals surface area contributed by atoms with E-state index in [1.54, 1.807) is 7.11 Å². The van der Waals surface area contributed by atoms with Gasteiger partial charge in [0.15, 0.2) is 0 Å². The highest BCUT2D eigenvalue weighted by Gasteiger charge is 1.92. The first-order chi connectivity index (χ1) is 5.81. The number of esters is 1. The predicted molar refractivity (Wildman–Crippen MR) is 46.9 cm³/mol. The lowest BCUT2D eigenvalue weighted by Crippen LogP contribution is -1.96. The second kappa shape index (κ2) is 8.27. The Morgan fingerprint density at radius 2 is 2.08 bits per heavy atom. The molecule has 0 bridgehead atoms.